The quantitative estimate of drug-likeness (QED) is 0.325. The van der Waals surface area contributed by atoms with Crippen molar-refractivity contribution in [1.82, 2.24) is 5.32 Å². The molecule has 26 heavy (non-hydrogen) atoms. The van der Waals surface area contributed by atoms with Gasteiger partial charge in [0.1, 0.15) is 24.2 Å². The average Bonchev–Trinajstić information content (AvgIpc) is 2.50. The van der Waals surface area contributed by atoms with E-state index in [1.165, 1.54) is 20.8 Å². The van der Waals surface area contributed by atoms with Crippen LogP contribution >= 0.6 is 11.8 Å². The van der Waals surface area contributed by atoms with Gasteiger partial charge in [0.2, 0.25) is 5.91 Å². The highest BCUT2D eigenvalue weighted by Crippen LogP contribution is 2.32. The summed E-state index contributed by atoms with van der Waals surface area (Å²) in [6.07, 6.45) is -3.18. The van der Waals surface area contributed by atoms with Gasteiger partial charge in [-0.25, -0.2) is 0 Å². The summed E-state index contributed by atoms with van der Waals surface area (Å²) in [4.78, 5) is 45.7. The topological polar surface area (TPSA) is 137 Å². The number of ether oxygens (including phenoxy) is 4. The molecule has 1 heterocycles. The van der Waals surface area contributed by atoms with Gasteiger partial charge in [0.15, 0.2) is 12.2 Å². The predicted molar refractivity (Wildman–Crippen MR) is 88.7 cm³/mol. The second kappa shape index (κ2) is 10.3. The highest BCUT2D eigenvalue weighted by atomic mass is 32.2. The van der Waals surface area contributed by atoms with Gasteiger partial charge in [-0.3, -0.25) is 19.2 Å². The van der Waals surface area contributed by atoms with E-state index in [9.17, 15) is 24.3 Å². The van der Waals surface area contributed by atoms with E-state index in [0.29, 0.717) is 0 Å². The minimum absolute atomic E-state index is 0.264. The zero-order valence-electron chi connectivity index (χ0n) is 14.9. The number of thioether (sulfide) groups is 1. The zero-order valence-corrected chi connectivity index (χ0v) is 15.7. The van der Waals surface area contributed by atoms with Gasteiger partial charge in [-0.1, -0.05) is 0 Å². The van der Waals surface area contributed by atoms with Crippen LogP contribution in [0.5, 0.6) is 0 Å². The molecular formula is C15H23NO9S. The Balaban J connectivity index is 3.22. The molecular weight excluding hydrogens is 370 g/mol. The summed E-state index contributed by atoms with van der Waals surface area (Å²) in [5, 5.41) is 11.8. The predicted octanol–water partition coefficient (Wildman–Crippen LogP) is -0.674. The maximum Gasteiger partial charge on any atom is 0.303 e. The molecule has 5 unspecified atom stereocenters. The number of carbonyl (C=O) groups excluding carboxylic acids is 4. The van der Waals surface area contributed by atoms with Gasteiger partial charge in [-0.15, -0.1) is 11.8 Å². The summed E-state index contributed by atoms with van der Waals surface area (Å²) in [6.45, 7) is 4.53. The molecule has 1 aliphatic heterocycles. The van der Waals surface area contributed by atoms with Crippen molar-refractivity contribution in [3.05, 3.63) is 0 Å². The van der Waals surface area contributed by atoms with E-state index < -0.39 is 53.6 Å². The third kappa shape index (κ3) is 6.81. The fourth-order valence-electron chi connectivity index (χ4n) is 2.51. The number of aliphatic hydroxyl groups excluding tert-OH is 1. The van der Waals surface area contributed by atoms with Crippen molar-refractivity contribution in [2.24, 2.45) is 0 Å². The molecule has 10 nitrogen and oxygen atoms in total. The molecule has 1 rings (SSSR count). The van der Waals surface area contributed by atoms with Gasteiger partial charge < -0.3 is 29.4 Å². The van der Waals surface area contributed by atoms with E-state index in [4.69, 9.17) is 18.9 Å². The molecule has 0 saturated carbocycles. The number of amides is 1. The molecule has 0 aromatic heterocycles. The number of hydrogen-bond acceptors (Lipinski definition) is 10. The Kier molecular flexibility index (Phi) is 8.82. The van der Waals surface area contributed by atoms with E-state index in [1.54, 1.807) is 0 Å². The molecule has 0 aromatic rings. The van der Waals surface area contributed by atoms with Crippen molar-refractivity contribution in [3.8, 4) is 0 Å². The molecule has 0 radical (unpaired) electrons. The Morgan fingerprint density at radius 2 is 1.58 bits per heavy atom. The number of hydrogen-bond donors (Lipinski definition) is 2. The maximum atomic E-state index is 11.6. The summed E-state index contributed by atoms with van der Waals surface area (Å²) in [7, 11) is 0. The van der Waals surface area contributed by atoms with Crippen LogP contribution in [0.2, 0.25) is 0 Å². The molecule has 0 aliphatic carbocycles. The first-order chi connectivity index (χ1) is 12.1. The fourth-order valence-corrected chi connectivity index (χ4v) is 3.31. The van der Waals surface area contributed by atoms with Crippen LogP contribution in [0, 0.1) is 0 Å². The number of aliphatic hydroxyl groups is 1. The van der Waals surface area contributed by atoms with Crippen molar-refractivity contribution in [2.75, 3.05) is 12.5 Å². The highest BCUT2D eigenvalue weighted by Gasteiger charge is 2.50. The van der Waals surface area contributed by atoms with E-state index in [2.05, 4.69) is 5.32 Å². The molecule has 11 heteroatoms. The first-order valence-corrected chi connectivity index (χ1v) is 8.83. The van der Waals surface area contributed by atoms with Gasteiger partial charge in [0.25, 0.3) is 0 Å². The molecule has 1 saturated heterocycles. The molecule has 0 bridgehead atoms. The first kappa shape index (κ1) is 22.2. The van der Waals surface area contributed by atoms with Gasteiger partial charge >= 0.3 is 17.9 Å². The maximum absolute atomic E-state index is 11.6. The smallest absolute Gasteiger partial charge is 0.303 e. The standard InChI is InChI=1S/C15H23NO9S/c1-7(18)16-12-14(24-10(4)21)13(23-9(3)20)11(5-22-8(2)19)25-15(12)26-6-17/h11-15,17H,5-6H2,1-4H3,(H,16,18). The van der Waals surface area contributed by atoms with Crippen molar-refractivity contribution >= 4 is 35.6 Å². The zero-order chi connectivity index (χ0) is 19.9. The van der Waals surface area contributed by atoms with Crippen LogP contribution in [0.4, 0.5) is 0 Å². The lowest BCUT2D eigenvalue weighted by atomic mass is 9.97. The number of rotatable bonds is 7. The number of carbonyl (C=O) groups is 4. The molecule has 1 amide bonds. The third-order valence-corrected chi connectivity index (χ3v) is 4.19. The van der Waals surface area contributed by atoms with Crippen LogP contribution in [0.15, 0.2) is 0 Å². The molecule has 5 atom stereocenters. The second-order valence-electron chi connectivity index (χ2n) is 5.52. The Labute approximate surface area is 154 Å². The van der Waals surface area contributed by atoms with Gasteiger partial charge in [0.05, 0.1) is 5.94 Å². The Morgan fingerprint density at radius 1 is 1.00 bits per heavy atom. The average molecular weight is 393 g/mol. The summed E-state index contributed by atoms with van der Waals surface area (Å²) in [6, 6.07) is -0.897. The highest BCUT2D eigenvalue weighted by molar-refractivity contribution is 7.99. The third-order valence-electron chi connectivity index (χ3n) is 3.31. The minimum Gasteiger partial charge on any atom is -0.463 e. The van der Waals surface area contributed by atoms with Crippen molar-refractivity contribution in [3.63, 3.8) is 0 Å². The molecule has 148 valence electrons. The monoisotopic (exact) mass is 393 g/mol. The van der Waals surface area contributed by atoms with E-state index >= 15 is 0 Å². The minimum atomic E-state index is -1.12. The number of nitrogens with one attached hydrogen (secondary N) is 1. The van der Waals surface area contributed by atoms with E-state index in [-0.39, 0.29) is 12.5 Å². The number of esters is 3. The molecule has 2 N–H and O–H groups in total. The van der Waals surface area contributed by atoms with Crippen LogP contribution in [-0.2, 0) is 38.1 Å². The summed E-state index contributed by atoms with van der Waals surface area (Å²) in [5.74, 6) is -2.68. The summed E-state index contributed by atoms with van der Waals surface area (Å²) in [5.41, 5.74) is -0.833. The van der Waals surface area contributed by atoms with Gasteiger partial charge in [0, 0.05) is 27.7 Å². The van der Waals surface area contributed by atoms with Crippen molar-refractivity contribution in [2.45, 2.75) is 57.5 Å². The SMILES string of the molecule is CC(=O)NC1C(SCO)OC(COC(C)=O)C(OC(C)=O)C1OC(C)=O. The van der Waals surface area contributed by atoms with E-state index in [1.807, 2.05) is 0 Å². The van der Waals surface area contributed by atoms with Crippen LogP contribution in [0.25, 0.3) is 0 Å². The summed E-state index contributed by atoms with van der Waals surface area (Å²) < 4.78 is 21.2. The van der Waals surface area contributed by atoms with E-state index in [0.717, 1.165) is 18.7 Å². The van der Waals surface area contributed by atoms with Crippen molar-refractivity contribution < 1.29 is 43.2 Å². The first-order valence-electron chi connectivity index (χ1n) is 7.78. The lowest BCUT2D eigenvalue weighted by Crippen LogP contribution is -2.65. The molecule has 0 spiro atoms. The Hall–Kier alpha value is -1.85. The van der Waals surface area contributed by atoms with Gasteiger partial charge in [-0.05, 0) is 0 Å². The van der Waals surface area contributed by atoms with Gasteiger partial charge in [-0.2, -0.15) is 0 Å². The Bertz CT molecular complexity index is 541. The molecule has 0 aromatic carbocycles. The Morgan fingerprint density at radius 3 is 2.04 bits per heavy atom. The molecule has 1 fully saturated rings. The lowest BCUT2D eigenvalue weighted by Gasteiger charge is -2.44. The van der Waals surface area contributed by atoms with Crippen molar-refractivity contribution in [1.29, 1.82) is 0 Å². The van der Waals surface area contributed by atoms with Crippen LogP contribution in [-0.4, -0.2) is 71.3 Å². The normalized spacial score (nSPS) is 28.0. The fraction of sp³-hybridized carbons (Fsp3) is 0.733. The van der Waals surface area contributed by atoms with Crippen LogP contribution in [0.3, 0.4) is 0 Å². The molecule has 1 aliphatic rings. The largest absolute Gasteiger partial charge is 0.463 e. The summed E-state index contributed by atoms with van der Waals surface area (Å²) >= 11 is 0.938. The lowest BCUT2D eigenvalue weighted by molar-refractivity contribution is -0.211. The van der Waals surface area contributed by atoms with Crippen LogP contribution in [0.1, 0.15) is 27.7 Å². The van der Waals surface area contributed by atoms with Crippen LogP contribution < -0.4 is 5.32 Å². The second-order valence-corrected chi connectivity index (χ2v) is 6.57.